The Labute approximate surface area is 129 Å². The molecule has 7 nitrogen and oxygen atoms in total. The number of H-pyrrole nitrogens is 1. The van der Waals surface area contributed by atoms with Gasteiger partial charge in [-0.1, -0.05) is 0 Å². The summed E-state index contributed by atoms with van der Waals surface area (Å²) in [5.41, 5.74) is 1.09. The molecule has 0 aliphatic heterocycles. The van der Waals surface area contributed by atoms with E-state index in [1.165, 1.54) is 18.2 Å². The number of rotatable bonds is 4. The lowest BCUT2D eigenvalue weighted by molar-refractivity contribution is 0.0697. The molecule has 1 aromatic carbocycles. The van der Waals surface area contributed by atoms with E-state index in [9.17, 15) is 13.2 Å². The maximum absolute atomic E-state index is 12.4. The molecule has 1 heterocycles. The fraction of sp³-hybridized carbons (Fsp3) is 0.167. The van der Waals surface area contributed by atoms with Crippen LogP contribution in [0.15, 0.2) is 27.6 Å². The number of aromatic carboxylic acids is 1. The molecular weight excluding hydrogens is 362 g/mol. The molecule has 0 saturated heterocycles. The summed E-state index contributed by atoms with van der Waals surface area (Å²) >= 11 is 3.15. The summed E-state index contributed by atoms with van der Waals surface area (Å²) in [5, 5.41) is 15.3. The van der Waals surface area contributed by atoms with Crippen LogP contribution in [0.4, 0.5) is 5.69 Å². The molecule has 0 aliphatic carbocycles. The molecule has 0 aliphatic rings. The van der Waals surface area contributed by atoms with Gasteiger partial charge in [-0.25, -0.2) is 13.2 Å². The Hall–Kier alpha value is -1.87. The molecule has 0 amide bonds. The Morgan fingerprint density at radius 3 is 2.52 bits per heavy atom. The number of aromatic amines is 1. The number of sulfonamides is 1. The smallest absolute Gasteiger partial charge is 0.335 e. The number of carboxylic acid groups (broad SMARTS) is 1. The zero-order valence-electron chi connectivity index (χ0n) is 11.1. The van der Waals surface area contributed by atoms with E-state index in [0.29, 0.717) is 15.9 Å². The van der Waals surface area contributed by atoms with Gasteiger partial charge in [0.05, 0.1) is 22.6 Å². The van der Waals surface area contributed by atoms with Crippen molar-refractivity contribution in [3.8, 4) is 0 Å². The Kier molecular flexibility index (Phi) is 4.06. The number of hydrogen-bond donors (Lipinski definition) is 3. The van der Waals surface area contributed by atoms with E-state index < -0.39 is 16.0 Å². The average molecular weight is 374 g/mol. The lowest BCUT2D eigenvalue weighted by Gasteiger charge is -2.10. The summed E-state index contributed by atoms with van der Waals surface area (Å²) in [4.78, 5) is 10.9. The van der Waals surface area contributed by atoms with Crippen molar-refractivity contribution >= 4 is 37.6 Å². The number of anilines is 1. The topological polar surface area (TPSA) is 112 Å². The average Bonchev–Trinajstić information content (AvgIpc) is 2.71. The third kappa shape index (κ3) is 3.08. The van der Waals surface area contributed by atoms with Gasteiger partial charge in [0.25, 0.3) is 10.0 Å². The largest absolute Gasteiger partial charge is 0.478 e. The quantitative estimate of drug-likeness (QED) is 0.760. The van der Waals surface area contributed by atoms with Gasteiger partial charge in [0.15, 0.2) is 0 Å². The lowest BCUT2D eigenvalue weighted by atomic mass is 10.2. The van der Waals surface area contributed by atoms with Crippen molar-refractivity contribution in [1.29, 1.82) is 0 Å². The van der Waals surface area contributed by atoms with Gasteiger partial charge in [-0.15, -0.1) is 0 Å². The minimum Gasteiger partial charge on any atom is -0.478 e. The number of aryl methyl sites for hydroxylation is 2. The molecule has 0 radical (unpaired) electrons. The number of nitrogens with zero attached hydrogens (tertiary/aromatic N) is 1. The van der Waals surface area contributed by atoms with E-state index in [2.05, 4.69) is 30.8 Å². The van der Waals surface area contributed by atoms with Gasteiger partial charge in [-0.05, 0) is 48.0 Å². The van der Waals surface area contributed by atoms with Crippen LogP contribution in [0.2, 0.25) is 0 Å². The van der Waals surface area contributed by atoms with Gasteiger partial charge in [0, 0.05) is 4.47 Å². The molecule has 0 saturated carbocycles. The lowest BCUT2D eigenvalue weighted by Crippen LogP contribution is -2.15. The maximum atomic E-state index is 12.4. The Bertz CT molecular complexity index is 794. The highest BCUT2D eigenvalue weighted by molar-refractivity contribution is 9.10. The molecule has 0 atom stereocenters. The molecule has 2 rings (SSSR count). The Balaban J connectivity index is 2.40. The van der Waals surface area contributed by atoms with E-state index in [1.807, 2.05) is 0 Å². The molecule has 0 bridgehead atoms. The van der Waals surface area contributed by atoms with E-state index >= 15 is 0 Å². The SMILES string of the molecule is Cc1n[nH]c(C)c1S(=O)(=O)Nc1ccc(C(=O)O)cc1Br. The van der Waals surface area contributed by atoms with Crippen LogP contribution in [0.1, 0.15) is 21.7 Å². The third-order valence-corrected chi connectivity index (χ3v) is 5.07. The highest BCUT2D eigenvalue weighted by Gasteiger charge is 2.23. The first-order chi connectivity index (χ1) is 9.72. The number of nitrogens with one attached hydrogen (secondary N) is 2. The second-order valence-electron chi connectivity index (χ2n) is 4.37. The zero-order chi connectivity index (χ0) is 15.8. The van der Waals surface area contributed by atoms with Crippen molar-refractivity contribution in [2.75, 3.05) is 4.72 Å². The molecule has 21 heavy (non-hydrogen) atoms. The van der Waals surface area contributed by atoms with Crippen LogP contribution in [-0.2, 0) is 10.0 Å². The van der Waals surface area contributed by atoms with E-state index in [4.69, 9.17) is 5.11 Å². The first-order valence-electron chi connectivity index (χ1n) is 5.79. The standard InChI is InChI=1S/C12H12BrN3O4S/c1-6-11(7(2)15-14-6)21(19,20)16-10-4-3-8(12(17)18)5-9(10)13/h3-5,16H,1-2H3,(H,14,15)(H,17,18). The van der Waals surface area contributed by atoms with Crippen LogP contribution in [0, 0.1) is 13.8 Å². The van der Waals surface area contributed by atoms with E-state index in [1.54, 1.807) is 13.8 Å². The molecule has 112 valence electrons. The predicted octanol–water partition coefficient (Wildman–Crippen LogP) is 2.29. The number of carbonyl (C=O) groups is 1. The van der Waals surface area contributed by atoms with Gasteiger partial charge < -0.3 is 5.11 Å². The van der Waals surface area contributed by atoms with Crippen LogP contribution in [0.3, 0.4) is 0 Å². The van der Waals surface area contributed by atoms with Crippen LogP contribution in [-0.4, -0.2) is 29.7 Å². The highest BCUT2D eigenvalue weighted by atomic mass is 79.9. The van der Waals surface area contributed by atoms with Gasteiger partial charge >= 0.3 is 5.97 Å². The molecular formula is C12H12BrN3O4S. The van der Waals surface area contributed by atoms with Crippen molar-refractivity contribution in [2.24, 2.45) is 0 Å². The highest BCUT2D eigenvalue weighted by Crippen LogP contribution is 2.27. The van der Waals surface area contributed by atoms with Gasteiger partial charge in [-0.2, -0.15) is 5.10 Å². The minimum absolute atomic E-state index is 0.0560. The number of aromatic nitrogens is 2. The van der Waals surface area contributed by atoms with E-state index in [-0.39, 0.29) is 16.1 Å². The summed E-state index contributed by atoms with van der Waals surface area (Å²) in [7, 11) is -3.81. The summed E-state index contributed by atoms with van der Waals surface area (Å²) in [6.45, 7) is 3.19. The predicted molar refractivity (Wildman–Crippen MR) is 80.0 cm³/mol. The summed E-state index contributed by atoms with van der Waals surface area (Å²) in [6.07, 6.45) is 0. The monoisotopic (exact) mass is 373 g/mol. The minimum atomic E-state index is -3.81. The van der Waals surface area contributed by atoms with Crippen LogP contribution >= 0.6 is 15.9 Å². The Morgan fingerprint density at radius 1 is 1.38 bits per heavy atom. The van der Waals surface area contributed by atoms with Crippen molar-refractivity contribution in [2.45, 2.75) is 18.7 Å². The van der Waals surface area contributed by atoms with Crippen molar-refractivity contribution in [3.63, 3.8) is 0 Å². The third-order valence-electron chi connectivity index (χ3n) is 2.79. The molecule has 2 aromatic rings. The molecule has 1 aromatic heterocycles. The summed E-state index contributed by atoms with van der Waals surface area (Å²) in [6, 6.07) is 4.03. The second-order valence-corrected chi connectivity index (χ2v) is 6.84. The number of benzene rings is 1. The number of hydrogen-bond acceptors (Lipinski definition) is 4. The first-order valence-corrected chi connectivity index (χ1v) is 8.07. The zero-order valence-corrected chi connectivity index (χ0v) is 13.5. The molecule has 9 heteroatoms. The van der Waals surface area contributed by atoms with Crippen molar-refractivity contribution < 1.29 is 18.3 Å². The summed E-state index contributed by atoms with van der Waals surface area (Å²) < 4.78 is 27.5. The van der Waals surface area contributed by atoms with Gasteiger partial charge in [-0.3, -0.25) is 9.82 Å². The molecule has 0 fully saturated rings. The van der Waals surface area contributed by atoms with Crippen molar-refractivity contribution in [1.82, 2.24) is 10.2 Å². The fourth-order valence-corrected chi connectivity index (χ4v) is 3.93. The second kappa shape index (κ2) is 5.49. The first kappa shape index (κ1) is 15.5. The molecule has 3 N–H and O–H groups in total. The molecule has 0 unspecified atom stereocenters. The van der Waals surface area contributed by atoms with E-state index in [0.717, 1.165) is 0 Å². The van der Waals surface area contributed by atoms with Gasteiger partial charge in [0.1, 0.15) is 4.90 Å². The van der Waals surface area contributed by atoms with Crippen LogP contribution in [0.5, 0.6) is 0 Å². The fourth-order valence-electron chi connectivity index (χ4n) is 1.86. The van der Waals surface area contributed by atoms with Crippen molar-refractivity contribution in [3.05, 3.63) is 39.6 Å². The molecule has 0 spiro atoms. The van der Waals surface area contributed by atoms with Gasteiger partial charge in [0.2, 0.25) is 0 Å². The Morgan fingerprint density at radius 2 is 2.05 bits per heavy atom. The number of carboxylic acids is 1. The number of halogens is 1. The summed E-state index contributed by atoms with van der Waals surface area (Å²) in [5.74, 6) is -1.09. The normalized spacial score (nSPS) is 11.4. The van der Waals surface area contributed by atoms with Crippen LogP contribution < -0.4 is 4.72 Å². The maximum Gasteiger partial charge on any atom is 0.335 e. The van der Waals surface area contributed by atoms with Crippen LogP contribution in [0.25, 0.3) is 0 Å².